The van der Waals surface area contributed by atoms with Gasteiger partial charge in [0.25, 0.3) is 0 Å². The zero-order chi connectivity index (χ0) is 16.4. The van der Waals surface area contributed by atoms with Crippen molar-refractivity contribution in [1.82, 2.24) is 4.98 Å². The molecule has 2 aromatic carbocycles. The Kier molecular flexibility index (Phi) is 4.55. The molecule has 6 heteroatoms. The lowest BCUT2D eigenvalue weighted by molar-refractivity contribution is -0.117. The minimum atomic E-state index is -0.367. The predicted molar refractivity (Wildman–Crippen MR) is 90.8 cm³/mol. The minimum absolute atomic E-state index is 0.232. The highest BCUT2D eigenvalue weighted by atomic mass is 35.5. The van der Waals surface area contributed by atoms with E-state index >= 15 is 0 Å². The molecular formula is C17H14Cl2N2O2. The number of primary amides is 1. The lowest BCUT2D eigenvalue weighted by Crippen LogP contribution is -2.11. The van der Waals surface area contributed by atoms with Crippen LogP contribution in [0.1, 0.15) is 23.4 Å². The van der Waals surface area contributed by atoms with Crippen LogP contribution in [0.3, 0.4) is 0 Å². The van der Waals surface area contributed by atoms with Crippen molar-refractivity contribution in [1.29, 1.82) is 0 Å². The molecule has 0 aliphatic carbocycles. The molecule has 0 atom stereocenters. The number of halogens is 2. The predicted octanol–water partition coefficient (Wildman–Crippen LogP) is 4.14. The molecule has 0 spiro atoms. The van der Waals surface area contributed by atoms with Crippen LogP contribution in [0.5, 0.6) is 0 Å². The van der Waals surface area contributed by atoms with Crippen LogP contribution in [-0.4, -0.2) is 10.9 Å². The zero-order valence-corrected chi connectivity index (χ0v) is 13.7. The summed E-state index contributed by atoms with van der Waals surface area (Å²) in [6.07, 6.45) is 1.18. The standard InChI is InChI=1S/C17H14Cl2N2O2/c18-12-7-11(5-6-15(20)22)17-14(9-12)21-16(23-17)8-10-3-1-2-4-13(10)19/h1-4,7,9H,5-6,8H2,(H2,20,22). The summed E-state index contributed by atoms with van der Waals surface area (Å²) in [5.41, 5.74) is 8.28. The van der Waals surface area contributed by atoms with Gasteiger partial charge in [0, 0.05) is 16.5 Å². The van der Waals surface area contributed by atoms with Gasteiger partial charge in [-0.05, 0) is 35.7 Å². The molecule has 3 aromatic rings. The molecule has 0 bridgehead atoms. The Labute approximate surface area is 143 Å². The summed E-state index contributed by atoms with van der Waals surface area (Å²) in [6.45, 7) is 0. The third-order valence-corrected chi connectivity index (χ3v) is 4.10. The molecular weight excluding hydrogens is 335 g/mol. The molecule has 0 radical (unpaired) electrons. The first kappa shape index (κ1) is 15.8. The van der Waals surface area contributed by atoms with Gasteiger partial charge >= 0.3 is 0 Å². The zero-order valence-electron chi connectivity index (χ0n) is 12.2. The molecule has 0 aliphatic rings. The fraction of sp³-hybridized carbons (Fsp3) is 0.176. The van der Waals surface area contributed by atoms with E-state index in [1.165, 1.54) is 0 Å². The number of carbonyl (C=O) groups is 1. The van der Waals surface area contributed by atoms with Gasteiger partial charge in [0.05, 0.1) is 6.42 Å². The van der Waals surface area contributed by atoms with Crippen LogP contribution in [0.15, 0.2) is 40.8 Å². The van der Waals surface area contributed by atoms with E-state index in [2.05, 4.69) is 4.98 Å². The second kappa shape index (κ2) is 6.60. The fourth-order valence-corrected chi connectivity index (χ4v) is 2.87. The third kappa shape index (κ3) is 3.66. The van der Waals surface area contributed by atoms with E-state index in [1.54, 1.807) is 12.1 Å². The van der Waals surface area contributed by atoms with Crippen LogP contribution in [-0.2, 0) is 17.6 Å². The highest BCUT2D eigenvalue weighted by Crippen LogP contribution is 2.27. The van der Waals surface area contributed by atoms with Crippen LogP contribution < -0.4 is 5.73 Å². The molecule has 2 N–H and O–H groups in total. The Balaban J connectivity index is 1.96. The number of nitrogens with two attached hydrogens (primary N) is 1. The first-order chi connectivity index (χ1) is 11.0. The second-order valence-electron chi connectivity index (χ2n) is 5.26. The van der Waals surface area contributed by atoms with E-state index in [4.69, 9.17) is 33.4 Å². The molecule has 23 heavy (non-hydrogen) atoms. The summed E-state index contributed by atoms with van der Waals surface area (Å²) in [4.78, 5) is 15.5. The maximum absolute atomic E-state index is 11.0. The monoisotopic (exact) mass is 348 g/mol. The number of benzene rings is 2. The average molecular weight is 349 g/mol. The Morgan fingerprint density at radius 2 is 1.96 bits per heavy atom. The first-order valence-corrected chi connectivity index (χ1v) is 7.88. The van der Waals surface area contributed by atoms with Gasteiger partial charge in [-0.1, -0.05) is 41.4 Å². The number of carbonyl (C=O) groups excluding carboxylic acids is 1. The minimum Gasteiger partial charge on any atom is -0.440 e. The lowest BCUT2D eigenvalue weighted by Gasteiger charge is -2.01. The third-order valence-electron chi connectivity index (χ3n) is 3.52. The van der Waals surface area contributed by atoms with E-state index in [1.807, 2.05) is 24.3 Å². The van der Waals surface area contributed by atoms with Crippen molar-refractivity contribution in [3.63, 3.8) is 0 Å². The second-order valence-corrected chi connectivity index (χ2v) is 6.10. The molecule has 4 nitrogen and oxygen atoms in total. The van der Waals surface area contributed by atoms with Crippen LogP contribution in [0, 0.1) is 0 Å². The summed E-state index contributed by atoms with van der Waals surface area (Å²) >= 11 is 12.3. The van der Waals surface area contributed by atoms with Crippen molar-refractivity contribution in [3.8, 4) is 0 Å². The summed E-state index contributed by atoms with van der Waals surface area (Å²) in [6, 6.07) is 11.1. The molecule has 1 amide bonds. The number of hydrogen-bond acceptors (Lipinski definition) is 3. The van der Waals surface area contributed by atoms with E-state index in [-0.39, 0.29) is 12.3 Å². The number of nitrogens with zero attached hydrogens (tertiary/aromatic N) is 1. The van der Waals surface area contributed by atoms with E-state index in [0.29, 0.717) is 39.9 Å². The van der Waals surface area contributed by atoms with E-state index in [0.717, 1.165) is 11.1 Å². The number of rotatable bonds is 5. The molecule has 1 aromatic heterocycles. The van der Waals surface area contributed by atoms with Crippen molar-refractivity contribution in [2.24, 2.45) is 5.73 Å². The van der Waals surface area contributed by atoms with Crippen LogP contribution in [0.2, 0.25) is 10.0 Å². The quantitative estimate of drug-likeness (QED) is 0.753. The van der Waals surface area contributed by atoms with Crippen LogP contribution >= 0.6 is 23.2 Å². The van der Waals surface area contributed by atoms with Crippen molar-refractivity contribution in [3.05, 3.63) is 63.5 Å². The maximum atomic E-state index is 11.0. The normalized spacial score (nSPS) is 11.0. The number of amides is 1. The Hall–Kier alpha value is -2.04. The van der Waals surface area contributed by atoms with Gasteiger partial charge < -0.3 is 10.2 Å². The number of fused-ring (bicyclic) bond motifs is 1. The molecule has 0 saturated carbocycles. The molecule has 0 saturated heterocycles. The highest BCUT2D eigenvalue weighted by Gasteiger charge is 2.13. The van der Waals surface area contributed by atoms with E-state index in [9.17, 15) is 4.79 Å². The van der Waals surface area contributed by atoms with Crippen molar-refractivity contribution in [2.75, 3.05) is 0 Å². The number of hydrogen-bond donors (Lipinski definition) is 1. The Morgan fingerprint density at radius 3 is 2.70 bits per heavy atom. The molecule has 3 rings (SSSR count). The van der Waals surface area contributed by atoms with Gasteiger partial charge in [-0.25, -0.2) is 4.98 Å². The number of oxazole rings is 1. The summed E-state index contributed by atoms with van der Waals surface area (Å²) in [5.74, 6) is 0.185. The van der Waals surface area contributed by atoms with Crippen molar-refractivity contribution in [2.45, 2.75) is 19.3 Å². The van der Waals surface area contributed by atoms with Gasteiger partial charge in [0.15, 0.2) is 11.5 Å². The first-order valence-electron chi connectivity index (χ1n) is 7.12. The molecule has 118 valence electrons. The van der Waals surface area contributed by atoms with Gasteiger partial charge in [-0.3, -0.25) is 4.79 Å². The molecule has 0 aliphatic heterocycles. The Bertz CT molecular complexity index is 874. The molecule has 0 fully saturated rings. The molecule has 1 heterocycles. The van der Waals surface area contributed by atoms with Crippen LogP contribution in [0.25, 0.3) is 11.1 Å². The SMILES string of the molecule is NC(=O)CCc1cc(Cl)cc2nc(Cc3ccccc3Cl)oc12. The van der Waals surface area contributed by atoms with Gasteiger partial charge in [0.2, 0.25) is 5.91 Å². The number of aryl methyl sites for hydroxylation is 1. The number of aromatic nitrogens is 1. The summed E-state index contributed by atoms with van der Waals surface area (Å²) in [7, 11) is 0. The summed E-state index contributed by atoms with van der Waals surface area (Å²) < 4.78 is 5.86. The average Bonchev–Trinajstić information content (AvgIpc) is 2.89. The smallest absolute Gasteiger partial charge is 0.217 e. The highest BCUT2D eigenvalue weighted by molar-refractivity contribution is 6.31. The Morgan fingerprint density at radius 1 is 1.17 bits per heavy atom. The maximum Gasteiger partial charge on any atom is 0.217 e. The van der Waals surface area contributed by atoms with Gasteiger partial charge in [-0.15, -0.1) is 0 Å². The fourth-order valence-electron chi connectivity index (χ4n) is 2.43. The topological polar surface area (TPSA) is 69.1 Å². The van der Waals surface area contributed by atoms with Crippen LogP contribution in [0.4, 0.5) is 0 Å². The molecule has 0 unspecified atom stereocenters. The van der Waals surface area contributed by atoms with E-state index < -0.39 is 0 Å². The summed E-state index contributed by atoms with van der Waals surface area (Å²) in [5, 5.41) is 1.22. The van der Waals surface area contributed by atoms with Crippen molar-refractivity contribution < 1.29 is 9.21 Å². The van der Waals surface area contributed by atoms with Crippen molar-refractivity contribution >= 4 is 40.2 Å². The van der Waals surface area contributed by atoms with Gasteiger partial charge in [0.1, 0.15) is 5.52 Å². The lowest BCUT2D eigenvalue weighted by atomic mass is 10.1. The van der Waals surface area contributed by atoms with Gasteiger partial charge in [-0.2, -0.15) is 0 Å². The largest absolute Gasteiger partial charge is 0.440 e.